The second kappa shape index (κ2) is 8.04. The molecule has 2 unspecified atom stereocenters. The van der Waals surface area contributed by atoms with Gasteiger partial charge in [0, 0.05) is 18.8 Å². The molecule has 136 valence electrons. The first kappa shape index (κ1) is 18.0. The first-order valence-corrected chi connectivity index (χ1v) is 8.91. The quantitative estimate of drug-likeness (QED) is 0.833. The van der Waals surface area contributed by atoms with Gasteiger partial charge >= 0.3 is 0 Å². The Labute approximate surface area is 154 Å². The molecule has 2 aromatic rings. The molecule has 5 heteroatoms. The van der Waals surface area contributed by atoms with Crippen molar-refractivity contribution in [2.24, 2.45) is 11.8 Å². The number of hydrogen-bond acceptors (Lipinski definition) is 3. The van der Waals surface area contributed by atoms with Crippen LogP contribution in [-0.4, -0.2) is 25.5 Å². The summed E-state index contributed by atoms with van der Waals surface area (Å²) >= 11 is 0. The Hall–Kier alpha value is -2.82. The standard InChI is InChI=1S/C21H24N2O3/c1-3-23(16-7-5-4-6-8-16)21(25)19-13-18(19)20(24)22-14-15-9-11-17(26-2)12-10-15/h4-12,18-19H,3,13-14H2,1-2H3,(H,22,24). The molecule has 0 aliphatic heterocycles. The van der Waals surface area contributed by atoms with Crippen LogP contribution in [0.2, 0.25) is 0 Å². The topological polar surface area (TPSA) is 58.6 Å². The predicted molar refractivity (Wildman–Crippen MR) is 101 cm³/mol. The molecule has 0 bridgehead atoms. The summed E-state index contributed by atoms with van der Waals surface area (Å²) in [7, 11) is 1.62. The second-order valence-corrected chi connectivity index (χ2v) is 6.43. The zero-order chi connectivity index (χ0) is 18.5. The van der Waals surface area contributed by atoms with Gasteiger partial charge in [0.05, 0.1) is 18.9 Å². The van der Waals surface area contributed by atoms with Crippen molar-refractivity contribution in [3.63, 3.8) is 0 Å². The number of para-hydroxylation sites is 1. The Bertz CT molecular complexity index is 759. The van der Waals surface area contributed by atoms with E-state index in [0.29, 0.717) is 19.5 Å². The van der Waals surface area contributed by atoms with Crippen LogP contribution in [0.1, 0.15) is 18.9 Å². The highest BCUT2D eigenvalue weighted by atomic mass is 16.5. The Morgan fingerprint density at radius 1 is 1.08 bits per heavy atom. The van der Waals surface area contributed by atoms with Crippen LogP contribution in [0, 0.1) is 11.8 Å². The van der Waals surface area contributed by atoms with E-state index >= 15 is 0 Å². The van der Waals surface area contributed by atoms with E-state index in [0.717, 1.165) is 17.0 Å². The summed E-state index contributed by atoms with van der Waals surface area (Å²) in [4.78, 5) is 26.8. The van der Waals surface area contributed by atoms with E-state index < -0.39 is 0 Å². The van der Waals surface area contributed by atoms with E-state index in [9.17, 15) is 9.59 Å². The van der Waals surface area contributed by atoms with Crippen LogP contribution in [0.5, 0.6) is 5.75 Å². The largest absolute Gasteiger partial charge is 0.497 e. The Kier molecular flexibility index (Phi) is 5.56. The summed E-state index contributed by atoms with van der Waals surface area (Å²) in [6, 6.07) is 17.2. The van der Waals surface area contributed by atoms with Gasteiger partial charge in [0.25, 0.3) is 0 Å². The third-order valence-electron chi connectivity index (χ3n) is 4.72. The molecule has 0 saturated heterocycles. The highest BCUT2D eigenvalue weighted by Crippen LogP contribution is 2.41. The lowest BCUT2D eigenvalue weighted by Gasteiger charge is -2.21. The smallest absolute Gasteiger partial charge is 0.230 e. The SMILES string of the molecule is CCN(C(=O)C1CC1C(=O)NCc1ccc(OC)cc1)c1ccccc1. The minimum absolute atomic E-state index is 0.0308. The van der Waals surface area contributed by atoms with E-state index in [2.05, 4.69) is 5.32 Å². The molecular weight excluding hydrogens is 328 g/mol. The number of hydrogen-bond donors (Lipinski definition) is 1. The fourth-order valence-electron chi connectivity index (χ4n) is 3.10. The van der Waals surface area contributed by atoms with E-state index in [1.54, 1.807) is 12.0 Å². The summed E-state index contributed by atoms with van der Waals surface area (Å²) in [5.74, 6) is 0.324. The summed E-state index contributed by atoms with van der Waals surface area (Å²) in [6.07, 6.45) is 0.622. The minimum Gasteiger partial charge on any atom is -0.497 e. The van der Waals surface area contributed by atoms with Crippen molar-refractivity contribution in [2.75, 3.05) is 18.6 Å². The number of ether oxygens (including phenoxy) is 1. The number of nitrogens with zero attached hydrogens (tertiary/aromatic N) is 1. The lowest BCUT2D eigenvalue weighted by atomic mass is 10.2. The highest BCUT2D eigenvalue weighted by molar-refractivity contribution is 6.01. The van der Waals surface area contributed by atoms with Crippen molar-refractivity contribution in [3.8, 4) is 5.75 Å². The molecule has 26 heavy (non-hydrogen) atoms. The first-order valence-electron chi connectivity index (χ1n) is 8.91. The number of carbonyl (C=O) groups excluding carboxylic acids is 2. The fourth-order valence-corrected chi connectivity index (χ4v) is 3.10. The lowest BCUT2D eigenvalue weighted by molar-refractivity contribution is -0.126. The summed E-state index contributed by atoms with van der Waals surface area (Å²) in [6.45, 7) is 3.00. The van der Waals surface area contributed by atoms with Crippen LogP contribution in [-0.2, 0) is 16.1 Å². The summed E-state index contributed by atoms with van der Waals surface area (Å²) < 4.78 is 5.12. The van der Waals surface area contributed by atoms with Gasteiger partial charge in [-0.3, -0.25) is 9.59 Å². The second-order valence-electron chi connectivity index (χ2n) is 6.43. The maximum Gasteiger partial charge on any atom is 0.230 e. The van der Waals surface area contributed by atoms with E-state index in [4.69, 9.17) is 4.74 Å². The zero-order valence-electron chi connectivity index (χ0n) is 15.1. The molecule has 1 aliphatic carbocycles. The van der Waals surface area contributed by atoms with Gasteiger partial charge in [0.1, 0.15) is 5.75 Å². The number of amides is 2. The van der Waals surface area contributed by atoms with Crippen LogP contribution in [0.3, 0.4) is 0 Å². The van der Waals surface area contributed by atoms with Crippen molar-refractivity contribution in [2.45, 2.75) is 19.9 Å². The van der Waals surface area contributed by atoms with E-state index in [-0.39, 0.29) is 23.7 Å². The van der Waals surface area contributed by atoms with E-state index in [1.165, 1.54) is 0 Å². The van der Waals surface area contributed by atoms with Gasteiger partial charge in [0.15, 0.2) is 0 Å². The van der Waals surface area contributed by atoms with Crippen LogP contribution in [0.4, 0.5) is 5.69 Å². The van der Waals surface area contributed by atoms with Gasteiger partial charge in [-0.2, -0.15) is 0 Å². The maximum atomic E-state index is 12.7. The predicted octanol–water partition coefficient (Wildman–Crippen LogP) is 3.00. The number of nitrogens with one attached hydrogen (secondary N) is 1. The van der Waals surface area contributed by atoms with E-state index in [1.807, 2.05) is 61.5 Å². The molecule has 0 aromatic heterocycles. The van der Waals surface area contributed by atoms with Crippen molar-refractivity contribution >= 4 is 17.5 Å². The van der Waals surface area contributed by atoms with Gasteiger partial charge in [-0.15, -0.1) is 0 Å². The van der Waals surface area contributed by atoms with Crippen LogP contribution < -0.4 is 15.0 Å². The van der Waals surface area contributed by atoms with Crippen molar-refractivity contribution in [3.05, 3.63) is 60.2 Å². The van der Waals surface area contributed by atoms with Crippen molar-refractivity contribution < 1.29 is 14.3 Å². The number of carbonyl (C=O) groups is 2. The molecule has 1 fully saturated rings. The first-order chi connectivity index (χ1) is 12.6. The lowest BCUT2D eigenvalue weighted by Crippen LogP contribution is -2.34. The van der Waals surface area contributed by atoms with Gasteiger partial charge in [-0.25, -0.2) is 0 Å². The Balaban J connectivity index is 1.53. The van der Waals surface area contributed by atoms with Crippen molar-refractivity contribution in [1.29, 1.82) is 0 Å². The van der Waals surface area contributed by atoms with Gasteiger partial charge < -0.3 is 15.0 Å². The normalized spacial score (nSPS) is 18.1. The average Bonchev–Trinajstić information content (AvgIpc) is 3.49. The number of methoxy groups -OCH3 is 1. The molecule has 1 saturated carbocycles. The van der Waals surface area contributed by atoms with Gasteiger partial charge in [-0.1, -0.05) is 30.3 Å². The number of benzene rings is 2. The summed E-state index contributed by atoms with van der Waals surface area (Å²) in [5, 5.41) is 2.93. The van der Waals surface area contributed by atoms with Crippen LogP contribution in [0.25, 0.3) is 0 Å². The van der Waals surface area contributed by atoms with Crippen molar-refractivity contribution in [1.82, 2.24) is 5.32 Å². The Morgan fingerprint density at radius 2 is 1.77 bits per heavy atom. The summed E-state index contributed by atoms with van der Waals surface area (Å²) in [5.41, 5.74) is 1.88. The number of anilines is 1. The molecule has 0 radical (unpaired) electrons. The third-order valence-corrected chi connectivity index (χ3v) is 4.72. The van der Waals surface area contributed by atoms with Crippen LogP contribution in [0.15, 0.2) is 54.6 Å². The minimum atomic E-state index is -0.224. The fraction of sp³-hybridized carbons (Fsp3) is 0.333. The monoisotopic (exact) mass is 352 g/mol. The third kappa shape index (κ3) is 4.04. The Morgan fingerprint density at radius 3 is 2.38 bits per heavy atom. The molecule has 3 rings (SSSR count). The molecular formula is C21H24N2O3. The molecule has 2 aromatic carbocycles. The average molecular weight is 352 g/mol. The zero-order valence-corrected chi connectivity index (χ0v) is 15.1. The maximum absolute atomic E-state index is 12.7. The molecule has 1 N–H and O–H groups in total. The molecule has 1 aliphatic rings. The highest BCUT2D eigenvalue weighted by Gasteiger charge is 2.49. The molecule has 2 amide bonds. The number of rotatable bonds is 7. The molecule has 0 heterocycles. The van der Waals surface area contributed by atoms with Gasteiger partial charge in [0.2, 0.25) is 11.8 Å². The molecule has 5 nitrogen and oxygen atoms in total. The van der Waals surface area contributed by atoms with Crippen LogP contribution >= 0.6 is 0 Å². The molecule has 2 atom stereocenters. The molecule has 0 spiro atoms. The van der Waals surface area contributed by atoms with Gasteiger partial charge in [-0.05, 0) is 43.2 Å².